The van der Waals surface area contributed by atoms with Gasteiger partial charge in [0.1, 0.15) is 0 Å². The van der Waals surface area contributed by atoms with Gasteiger partial charge in [-0.3, -0.25) is 0 Å². The minimum atomic E-state index is -0.306. The van der Waals surface area contributed by atoms with E-state index in [0.29, 0.717) is 6.54 Å². The summed E-state index contributed by atoms with van der Waals surface area (Å²) in [5, 5.41) is 4.16. The summed E-state index contributed by atoms with van der Waals surface area (Å²) in [7, 11) is 2.19. The van der Waals surface area contributed by atoms with Crippen LogP contribution in [-0.4, -0.2) is 26.8 Å². The molecule has 0 spiro atoms. The minimum absolute atomic E-state index is 0.00926. The van der Waals surface area contributed by atoms with Crippen LogP contribution >= 0.6 is 21.6 Å². The SMILES string of the molecule is [2H]B(P)S.[3H]OC(C)CCN. The van der Waals surface area contributed by atoms with Crippen LogP contribution in [0.15, 0.2) is 0 Å². The van der Waals surface area contributed by atoms with Gasteiger partial charge in [0.25, 0.3) is 0 Å². The highest BCUT2D eigenvalue weighted by molar-refractivity contribution is 8.20. The molecule has 0 fully saturated rings. The molecule has 3 N–H and O–H groups in total. The predicted octanol–water partition coefficient (Wildman–Crippen LogP) is -0.226. The molecule has 0 aromatic carbocycles. The Bertz CT molecular complexity index is 80.4. The van der Waals surface area contributed by atoms with Gasteiger partial charge < -0.3 is 10.8 Å². The molecule has 0 radical (unpaired) electrons. The summed E-state index contributed by atoms with van der Waals surface area (Å²) in [5.41, 5.74) is 5.14. The number of hydrogen-bond donors (Lipinski definition) is 3. The molecule has 9 heavy (non-hydrogen) atoms. The van der Waals surface area contributed by atoms with E-state index in [1.807, 2.05) is 6.92 Å². The Balaban J connectivity index is 0. The highest BCUT2D eigenvalue weighted by Gasteiger charge is 1.87. The van der Waals surface area contributed by atoms with Gasteiger partial charge >= 0.3 is 0 Å². The fourth-order valence-electron chi connectivity index (χ4n) is 0.235. The average Bonchev–Trinajstić information content (AvgIpc) is 1.87. The van der Waals surface area contributed by atoms with E-state index in [-0.39, 0.29) is 12.3 Å². The first-order valence-electron chi connectivity index (χ1n) is 3.71. The van der Waals surface area contributed by atoms with Gasteiger partial charge in [0.15, 0.2) is 0 Å². The predicted molar refractivity (Wildman–Crippen MR) is 51.2 cm³/mol. The van der Waals surface area contributed by atoms with E-state index in [4.69, 9.17) is 8.50 Å². The van der Waals surface area contributed by atoms with Crippen molar-refractivity contribution in [1.29, 1.82) is 2.77 Å². The van der Waals surface area contributed by atoms with Gasteiger partial charge in [-0.05, 0) is 21.2 Å². The van der Waals surface area contributed by atoms with Crippen LogP contribution in [0.2, 0.25) is 0 Å². The lowest BCUT2D eigenvalue weighted by atomic mass is 10.3. The summed E-state index contributed by atoms with van der Waals surface area (Å²) < 4.78 is 12.8. The first-order chi connectivity index (χ1) is 5.04. The summed E-state index contributed by atoms with van der Waals surface area (Å²) in [5.74, 6) is 0. The van der Waals surface area contributed by atoms with E-state index < -0.39 is 0 Å². The molecule has 0 aliphatic carbocycles. The number of thiol groups is 1. The Morgan fingerprint density at radius 3 is 2.89 bits per heavy atom. The molecule has 0 aromatic rings. The normalized spacial score (nSPS) is 14.2. The molecule has 2 unspecified atom stereocenters. The Morgan fingerprint density at radius 2 is 2.78 bits per heavy atom. The summed E-state index contributed by atoms with van der Waals surface area (Å²) in [6.07, 6.45) is 0.453. The second-order valence-electron chi connectivity index (χ2n) is 1.54. The summed E-state index contributed by atoms with van der Waals surface area (Å²) in [6.45, 7) is 2.42. The summed E-state index contributed by atoms with van der Waals surface area (Å²) in [4.78, 5) is 0. The van der Waals surface area contributed by atoms with Crippen LogP contribution in [0.5, 0.6) is 0 Å². The molecule has 0 rings (SSSR count). The van der Waals surface area contributed by atoms with E-state index in [0.717, 1.165) is 6.42 Å². The molecule has 0 bridgehead atoms. The van der Waals surface area contributed by atoms with Gasteiger partial charge in [0.2, 0.25) is 7.67 Å². The van der Waals surface area contributed by atoms with Crippen LogP contribution in [0.1, 0.15) is 13.3 Å². The topological polar surface area (TPSA) is 46.2 Å². The minimum Gasteiger partial charge on any atom is -0.393 e. The van der Waals surface area contributed by atoms with Crippen molar-refractivity contribution in [1.82, 2.24) is 0 Å². The number of rotatable bonds is 3. The van der Waals surface area contributed by atoms with Gasteiger partial charge in [-0.25, -0.2) is 12.5 Å². The van der Waals surface area contributed by atoms with Gasteiger partial charge in [-0.15, -0.1) is 0 Å². The fourth-order valence-corrected chi connectivity index (χ4v) is 0.235. The lowest BCUT2D eigenvalue weighted by molar-refractivity contribution is 0.187. The third-order valence-electron chi connectivity index (χ3n) is 0.573. The van der Waals surface area contributed by atoms with Crippen molar-refractivity contribution in [3.05, 3.63) is 0 Å². The van der Waals surface area contributed by atoms with Crippen molar-refractivity contribution in [2.75, 3.05) is 6.54 Å². The Labute approximate surface area is 68.2 Å². The van der Waals surface area contributed by atoms with E-state index >= 15 is 0 Å². The third kappa shape index (κ3) is 28.3. The molecular formula is C4H15BNOPS. The van der Waals surface area contributed by atoms with Crippen LogP contribution in [0.25, 0.3) is 0 Å². The van der Waals surface area contributed by atoms with Crippen LogP contribution < -0.4 is 5.73 Å². The van der Waals surface area contributed by atoms with Crippen molar-refractivity contribution in [3.8, 4) is 0 Å². The van der Waals surface area contributed by atoms with Crippen LogP contribution in [0, 0.1) is 0 Å². The molecule has 2 nitrogen and oxygen atoms in total. The first kappa shape index (κ1) is 7.87. The van der Waals surface area contributed by atoms with Crippen molar-refractivity contribution < 1.29 is 5.11 Å². The maximum atomic E-state index is 6.41. The molecule has 56 valence electrons. The highest BCUT2D eigenvalue weighted by atomic mass is 32.1. The molecule has 0 amide bonds. The standard InChI is InChI=1S/C4H11NO.BH4PS/c1-4(6)2-3-5;2-1-3/h4,6H,2-3,5H2,1H3;1,3H,2H2/i6T;1D. The van der Waals surface area contributed by atoms with Gasteiger partial charge in [0, 0.05) is 0 Å². The number of aliphatic hydroxyl groups is 1. The van der Waals surface area contributed by atoms with Crippen molar-refractivity contribution in [2.45, 2.75) is 19.4 Å². The molecule has 0 aliphatic heterocycles. The molecule has 0 aliphatic rings. The first-order valence-corrected chi connectivity index (χ1v) is 3.90. The largest absolute Gasteiger partial charge is 0.393 e. The quantitative estimate of drug-likeness (QED) is 0.311. The number of hydrogen-bond acceptors (Lipinski definition) is 3. The summed E-state index contributed by atoms with van der Waals surface area (Å²) >= 11 is 3.60. The van der Waals surface area contributed by atoms with Gasteiger partial charge in [-0.1, -0.05) is 0 Å². The number of nitrogens with two attached hydrogens (primary N) is 1. The third-order valence-corrected chi connectivity index (χ3v) is 0.573. The van der Waals surface area contributed by atoms with Crippen molar-refractivity contribution >= 4 is 27.8 Å². The second-order valence-corrected chi connectivity index (χ2v) is 2.73. The van der Waals surface area contributed by atoms with Crippen LogP contribution in [0.3, 0.4) is 0 Å². The summed E-state index contributed by atoms with van der Waals surface area (Å²) in [6, 6.07) is 0. The van der Waals surface area contributed by atoms with E-state index in [1.54, 1.807) is 0 Å². The molecule has 0 heterocycles. The Morgan fingerprint density at radius 1 is 2.33 bits per heavy atom. The van der Waals surface area contributed by atoms with Crippen LogP contribution in [0.4, 0.5) is 0 Å². The average molecular weight is 170 g/mol. The lowest BCUT2D eigenvalue weighted by Gasteiger charge is -1.95. The van der Waals surface area contributed by atoms with E-state index in [2.05, 4.69) is 26.7 Å². The van der Waals surface area contributed by atoms with Gasteiger partial charge in [-0.2, -0.15) is 9.12 Å². The molecule has 2 atom stereocenters. The Hall–Kier alpha value is 0.765. The number of aliphatic hydroxyl groups excluding tert-OH is 1. The smallest absolute Gasteiger partial charge is 0.210 e. The zero-order valence-corrected chi connectivity index (χ0v) is 7.63. The van der Waals surface area contributed by atoms with Crippen molar-refractivity contribution in [3.63, 3.8) is 0 Å². The maximum Gasteiger partial charge on any atom is 0.210 e. The molecule has 0 saturated carbocycles. The van der Waals surface area contributed by atoms with E-state index in [9.17, 15) is 0 Å². The van der Waals surface area contributed by atoms with Crippen LogP contribution in [-0.2, 0) is 0 Å². The fraction of sp³-hybridized carbons (Fsp3) is 1.00. The zero-order chi connectivity index (χ0) is 9.28. The molecule has 0 saturated heterocycles. The molecule has 0 aromatic heterocycles. The Kier molecular flexibility index (Phi) is 10.1. The molecular weight excluding hydrogens is 152 g/mol. The lowest BCUT2D eigenvalue weighted by Crippen LogP contribution is -2.08. The zero-order valence-electron chi connectivity index (χ0n) is 7.58. The highest BCUT2D eigenvalue weighted by Crippen LogP contribution is 1.81. The second kappa shape index (κ2) is 11.5. The maximum absolute atomic E-state index is 6.41. The molecule has 5 heteroatoms. The monoisotopic (exact) mass is 170 g/mol. The van der Waals surface area contributed by atoms with Gasteiger partial charge in [0.05, 0.1) is 6.10 Å². The van der Waals surface area contributed by atoms with E-state index in [1.165, 1.54) is 0 Å². The van der Waals surface area contributed by atoms with Crippen molar-refractivity contribution in [2.24, 2.45) is 5.73 Å².